The molecule has 1 saturated heterocycles. The number of halogens is 1. The summed E-state index contributed by atoms with van der Waals surface area (Å²) in [4.78, 5) is 11.8. The number of hydrogen-bond acceptors (Lipinski definition) is 2. The molecule has 1 aliphatic carbocycles. The van der Waals surface area contributed by atoms with Crippen LogP contribution in [-0.4, -0.2) is 29.0 Å². The Bertz CT molecular complexity index is 258. The molecule has 15 heavy (non-hydrogen) atoms. The Balaban J connectivity index is 1.90. The molecule has 4 heteroatoms. The molecule has 0 aromatic heterocycles. The van der Waals surface area contributed by atoms with Crippen LogP contribution in [-0.2, 0) is 9.53 Å². The summed E-state index contributed by atoms with van der Waals surface area (Å²) >= 11 is 3.37. The first-order valence-corrected chi connectivity index (χ1v) is 6.39. The summed E-state index contributed by atoms with van der Waals surface area (Å²) in [7, 11) is 0. The zero-order valence-corrected chi connectivity index (χ0v) is 10.8. The molecule has 0 radical (unpaired) electrons. The molecule has 0 aromatic rings. The Hall–Kier alpha value is -0.0900. The van der Waals surface area contributed by atoms with Crippen LogP contribution < -0.4 is 5.32 Å². The molecule has 1 aliphatic heterocycles. The van der Waals surface area contributed by atoms with E-state index < -0.39 is 4.32 Å². The maximum atomic E-state index is 11.8. The third-order valence-electron chi connectivity index (χ3n) is 3.08. The lowest BCUT2D eigenvalue weighted by atomic mass is 10.1. The number of alkyl halides is 1. The summed E-state index contributed by atoms with van der Waals surface area (Å²) < 4.78 is 5.19. The number of ether oxygens (including phenoxy) is 1. The molecule has 0 bridgehead atoms. The second-order valence-corrected chi connectivity index (χ2v) is 7.00. The van der Waals surface area contributed by atoms with Crippen LogP contribution in [0, 0.1) is 5.92 Å². The second-order valence-electron chi connectivity index (χ2n) is 5.01. The van der Waals surface area contributed by atoms with Crippen LogP contribution in [0.4, 0.5) is 0 Å². The zero-order chi connectivity index (χ0) is 11.1. The minimum Gasteiger partial charge on any atom is -0.376 e. The topological polar surface area (TPSA) is 38.3 Å². The van der Waals surface area contributed by atoms with E-state index >= 15 is 0 Å². The van der Waals surface area contributed by atoms with Gasteiger partial charge in [0.05, 0.1) is 16.5 Å². The van der Waals surface area contributed by atoms with Gasteiger partial charge in [0.25, 0.3) is 0 Å². The minimum atomic E-state index is -0.482. The lowest BCUT2D eigenvalue weighted by Gasteiger charge is -2.23. The summed E-state index contributed by atoms with van der Waals surface area (Å²) in [6, 6.07) is 0.224. The van der Waals surface area contributed by atoms with E-state index in [1.807, 2.05) is 13.8 Å². The maximum absolute atomic E-state index is 11.8. The fourth-order valence-electron chi connectivity index (χ4n) is 2.00. The largest absolute Gasteiger partial charge is 0.376 e. The number of nitrogens with one attached hydrogen (secondary N) is 1. The predicted octanol–water partition coefficient (Wildman–Crippen LogP) is 1.84. The molecular weight excluding hydrogens is 258 g/mol. The van der Waals surface area contributed by atoms with Crippen molar-refractivity contribution in [2.45, 2.75) is 49.6 Å². The van der Waals surface area contributed by atoms with Crippen molar-refractivity contribution in [2.75, 3.05) is 6.61 Å². The van der Waals surface area contributed by atoms with Gasteiger partial charge in [0.1, 0.15) is 0 Å². The van der Waals surface area contributed by atoms with Gasteiger partial charge in [-0.25, -0.2) is 0 Å². The maximum Gasteiger partial charge on any atom is 0.236 e. The van der Waals surface area contributed by atoms with Crippen molar-refractivity contribution in [3.05, 3.63) is 0 Å². The van der Waals surface area contributed by atoms with Crippen molar-refractivity contribution in [1.82, 2.24) is 5.32 Å². The van der Waals surface area contributed by atoms with Crippen LogP contribution in [0.25, 0.3) is 0 Å². The van der Waals surface area contributed by atoms with Crippen LogP contribution in [0.5, 0.6) is 0 Å². The van der Waals surface area contributed by atoms with Crippen LogP contribution >= 0.6 is 15.9 Å². The van der Waals surface area contributed by atoms with Gasteiger partial charge in [-0.15, -0.1) is 0 Å². The summed E-state index contributed by atoms with van der Waals surface area (Å²) in [5.74, 6) is 0.750. The first-order chi connectivity index (χ1) is 6.98. The molecule has 0 spiro atoms. The van der Waals surface area contributed by atoms with Gasteiger partial charge in [0.15, 0.2) is 0 Å². The lowest BCUT2D eigenvalue weighted by Crippen LogP contribution is -2.47. The van der Waals surface area contributed by atoms with Crippen molar-refractivity contribution in [3.63, 3.8) is 0 Å². The Morgan fingerprint density at radius 2 is 2.07 bits per heavy atom. The van der Waals surface area contributed by atoms with Crippen molar-refractivity contribution in [3.8, 4) is 0 Å². The summed E-state index contributed by atoms with van der Waals surface area (Å²) in [6.07, 6.45) is 3.74. The average molecular weight is 276 g/mol. The molecule has 0 aromatic carbocycles. The third kappa shape index (κ3) is 2.72. The van der Waals surface area contributed by atoms with Crippen LogP contribution in [0.3, 0.4) is 0 Å². The number of hydrogen-bond donors (Lipinski definition) is 1. The molecule has 3 nitrogen and oxygen atoms in total. The average Bonchev–Trinajstić information content (AvgIpc) is 2.86. The molecule has 2 rings (SSSR count). The number of amides is 1. The van der Waals surface area contributed by atoms with Gasteiger partial charge in [0.2, 0.25) is 5.91 Å². The Kier molecular flexibility index (Phi) is 3.08. The molecule has 2 fully saturated rings. The van der Waals surface area contributed by atoms with E-state index in [1.54, 1.807) is 0 Å². The highest BCUT2D eigenvalue weighted by Gasteiger charge is 2.42. The molecule has 1 saturated carbocycles. The van der Waals surface area contributed by atoms with Crippen molar-refractivity contribution in [2.24, 2.45) is 5.92 Å². The van der Waals surface area contributed by atoms with Crippen molar-refractivity contribution in [1.29, 1.82) is 0 Å². The first-order valence-electron chi connectivity index (χ1n) is 5.60. The van der Waals surface area contributed by atoms with Gasteiger partial charge in [-0.2, -0.15) is 0 Å². The smallest absolute Gasteiger partial charge is 0.236 e. The Morgan fingerprint density at radius 3 is 2.60 bits per heavy atom. The predicted molar refractivity (Wildman–Crippen MR) is 62.0 cm³/mol. The van der Waals surface area contributed by atoms with Crippen LogP contribution in [0.1, 0.15) is 33.1 Å². The zero-order valence-electron chi connectivity index (χ0n) is 9.25. The van der Waals surface area contributed by atoms with Crippen molar-refractivity contribution < 1.29 is 9.53 Å². The number of rotatable bonds is 3. The van der Waals surface area contributed by atoms with E-state index in [0.29, 0.717) is 5.92 Å². The van der Waals surface area contributed by atoms with Gasteiger partial charge in [-0.3, -0.25) is 4.79 Å². The van der Waals surface area contributed by atoms with Crippen LogP contribution in [0.15, 0.2) is 0 Å². The molecule has 2 aliphatic rings. The number of carbonyl (C=O) groups excluding carboxylic acids is 1. The van der Waals surface area contributed by atoms with Gasteiger partial charge < -0.3 is 10.1 Å². The summed E-state index contributed by atoms with van der Waals surface area (Å²) in [5.41, 5.74) is 0. The fraction of sp³-hybridized carbons (Fsp3) is 0.909. The van der Waals surface area contributed by atoms with Gasteiger partial charge in [-0.1, -0.05) is 15.9 Å². The summed E-state index contributed by atoms with van der Waals surface area (Å²) in [6.45, 7) is 4.52. The monoisotopic (exact) mass is 275 g/mol. The lowest BCUT2D eigenvalue weighted by molar-refractivity contribution is -0.123. The molecule has 86 valence electrons. The standard InChI is InChI=1S/C11H18BrNO2/c1-11(2,12)10(14)13-8-5-6-15-9(8)7-3-4-7/h7-9H,3-6H2,1-2H3,(H,13,14). The molecular formula is C11H18BrNO2. The van der Waals surface area contributed by atoms with Crippen molar-refractivity contribution >= 4 is 21.8 Å². The first kappa shape index (κ1) is 11.4. The Morgan fingerprint density at radius 1 is 1.40 bits per heavy atom. The third-order valence-corrected chi connectivity index (χ3v) is 3.44. The SMILES string of the molecule is CC(C)(Br)C(=O)NC1CCOC1C1CC1. The quantitative estimate of drug-likeness (QED) is 0.799. The molecule has 1 N–H and O–H groups in total. The normalized spacial score (nSPS) is 31.7. The summed E-state index contributed by atoms with van der Waals surface area (Å²) in [5, 5.41) is 3.08. The fourth-order valence-corrected chi connectivity index (χ4v) is 2.11. The molecule has 2 atom stereocenters. The van der Waals surface area contributed by atoms with E-state index in [1.165, 1.54) is 12.8 Å². The molecule has 1 heterocycles. The van der Waals surface area contributed by atoms with Crippen LogP contribution in [0.2, 0.25) is 0 Å². The highest BCUT2D eigenvalue weighted by Crippen LogP contribution is 2.38. The number of carbonyl (C=O) groups is 1. The van der Waals surface area contributed by atoms with E-state index in [0.717, 1.165) is 13.0 Å². The van der Waals surface area contributed by atoms with Gasteiger partial charge >= 0.3 is 0 Å². The minimum absolute atomic E-state index is 0.0589. The van der Waals surface area contributed by atoms with E-state index in [9.17, 15) is 4.79 Å². The second kappa shape index (κ2) is 4.06. The van der Waals surface area contributed by atoms with E-state index in [-0.39, 0.29) is 18.1 Å². The molecule has 2 unspecified atom stereocenters. The Labute approximate surface area is 99.1 Å². The molecule has 1 amide bonds. The van der Waals surface area contributed by atoms with Gasteiger partial charge in [-0.05, 0) is 39.0 Å². The highest BCUT2D eigenvalue weighted by atomic mass is 79.9. The van der Waals surface area contributed by atoms with E-state index in [2.05, 4.69) is 21.2 Å². The van der Waals surface area contributed by atoms with Gasteiger partial charge in [0, 0.05) is 6.61 Å². The highest BCUT2D eigenvalue weighted by molar-refractivity contribution is 9.10. The van der Waals surface area contributed by atoms with E-state index in [4.69, 9.17) is 4.74 Å².